The Morgan fingerprint density at radius 2 is 2.05 bits per heavy atom. The third kappa shape index (κ3) is 3.65. The van der Waals surface area contributed by atoms with Crippen molar-refractivity contribution in [3.63, 3.8) is 0 Å². The number of hydrogen-bond donors (Lipinski definition) is 0. The van der Waals surface area contributed by atoms with Crippen LogP contribution < -0.4 is 0 Å². The van der Waals surface area contributed by atoms with Crippen molar-refractivity contribution in [2.45, 2.75) is 24.0 Å². The summed E-state index contributed by atoms with van der Waals surface area (Å²) in [4.78, 5) is 4.24. The highest BCUT2D eigenvalue weighted by molar-refractivity contribution is 7.91. The maximum atomic E-state index is 12.5. The summed E-state index contributed by atoms with van der Waals surface area (Å²) in [5, 5.41) is 1.79. The summed E-state index contributed by atoms with van der Waals surface area (Å²) in [5.74, 6) is 0. The molecule has 0 amide bonds. The Morgan fingerprint density at radius 1 is 1.20 bits per heavy atom. The van der Waals surface area contributed by atoms with Crippen LogP contribution in [0.4, 0.5) is 0 Å². The number of hydrogen-bond acceptors (Lipinski definition) is 4. The van der Waals surface area contributed by atoms with E-state index in [2.05, 4.69) is 4.98 Å². The fourth-order valence-electron chi connectivity index (χ4n) is 1.92. The zero-order valence-electron chi connectivity index (χ0n) is 11.4. The Hall–Kier alpha value is -1.24. The Labute approximate surface area is 124 Å². The molecule has 0 aliphatic rings. The van der Waals surface area contributed by atoms with E-state index in [1.54, 1.807) is 28.0 Å². The third-order valence-corrected chi connectivity index (χ3v) is 6.18. The molecule has 0 aliphatic carbocycles. The average Bonchev–Trinajstić information content (AvgIpc) is 2.99. The first-order chi connectivity index (χ1) is 9.64. The van der Waals surface area contributed by atoms with E-state index in [1.807, 2.05) is 25.1 Å². The predicted molar refractivity (Wildman–Crippen MR) is 81.3 cm³/mol. The van der Waals surface area contributed by atoms with Crippen LogP contribution >= 0.6 is 11.3 Å². The van der Waals surface area contributed by atoms with Gasteiger partial charge in [0, 0.05) is 31.4 Å². The zero-order chi connectivity index (χ0) is 14.4. The standard InChI is InChI=1S/C14H18N2O2S2/c1-2-10-16(11-8-13-6-3-4-9-15-13)20(17,18)14-7-5-12-19-14/h3-7,9,12H,2,8,10-11H2,1H3. The van der Waals surface area contributed by atoms with E-state index in [9.17, 15) is 8.42 Å². The van der Waals surface area contributed by atoms with Gasteiger partial charge in [0.1, 0.15) is 4.21 Å². The summed E-state index contributed by atoms with van der Waals surface area (Å²) in [6.45, 7) is 2.98. The molecule has 0 unspecified atom stereocenters. The van der Waals surface area contributed by atoms with Crippen LogP contribution in [-0.4, -0.2) is 30.8 Å². The molecule has 2 heterocycles. The second-order valence-electron chi connectivity index (χ2n) is 4.41. The fourth-order valence-corrected chi connectivity index (χ4v) is 4.60. The maximum absolute atomic E-state index is 12.5. The Bertz CT molecular complexity index is 610. The van der Waals surface area contributed by atoms with Crippen LogP contribution in [0.5, 0.6) is 0 Å². The largest absolute Gasteiger partial charge is 0.261 e. The van der Waals surface area contributed by atoms with Gasteiger partial charge in [0.05, 0.1) is 0 Å². The van der Waals surface area contributed by atoms with Gasteiger partial charge in [-0.05, 0) is 30.0 Å². The Balaban J connectivity index is 2.11. The normalized spacial score (nSPS) is 11.9. The van der Waals surface area contributed by atoms with E-state index in [0.717, 1.165) is 12.1 Å². The minimum absolute atomic E-state index is 0.409. The van der Waals surface area contributed by atoms with Crippen molar-refractivity contribution >= 4 is 21.4 Å². The molecule has 0 aromatic carbocycles. The molecule has 4 nitrogen and oxygen atoms in total. The molecule has 0 spiro atoms. The highest BCUT2D eigenvalue weighted by atomic mass is 32.2. The van der Waals surface area contributed by atoms with E-state index in [4.69, 9.17) is 0 Å². The molecule has 108 valence electrons. The van der Waals surface area contributed by atoms with Gasteiger partial charge in [-0.1, -0.05) is 19.1 Å². The van der Waals surface area contributed by atoms with E-state index in [-0.39, 0.29) is 0 Å². The third-order valence-electron chi connectivity index (χ3n) is 2.91. The number of aromatic nitrogens is 1. The molecule has 0 bridgehead atoms. The van der Waals surface area contributed by atoms with E-state index in [1.165, 1.54) is 11.3 Å². The maximum Gasteiger partial charge on any atom is 0.252 e. The van der Waals surface area contributed by atoms with Crippen LogP contribution in [0, 0.1) is 0 Å². The van der Waals surface area contributed by atoms with Gasteiger partial charge in [-0.3, -0.25) is 4.98 Å². The molecule has 2 rings (SSSR count). The zero-order valence-corrected chi connectivity index (χ0v) is 13.0. The van der Waals surface area contributed by atoms with Gasteiger partial charge in [-0.15, -0.1) is 11.3 Å². The number of pyridine rings is 1. The second kappa shape index (κ2) is 6.97. The van der Waals surface area contributed by atoms with Crippen LogP contribution in [-0.2, 0) is 16.4 Å². The minimum atomic E-state index is -3.37. The molecule has 20 heavy (non-hydrogen) atoms. The molecule has 0 saturated heterocycles. The van der Waals surface area contributed by atoms with E-state index < -0.39 is 10.0 Å². The topological polar surface area (TPSA) is 50.3 Å². The molecule has 0 radical (unpaired) electrons. The molecule has 2 aromatic rings. The lowest BCUT2D eigenvalue weighted by molar-refractivity contribution is 0.413. The van der Waals surface area contributed by atoms with Crippen LogP contribution in [0.2, 0.25) is 0 Å². The minimum Gasteiger partial charge on any atom is -0.261 e. The van der Waals surface area contributed by atoms with Crippen molar-refractivity contribution in [3.8, 4) is 0 Å². The van der Waals surface area contributed by atoms with E-state index in [0.29, 0.717) is 23.7 Å². The van der Waals surface area contributed by atoms with Crippen LogP contribution in [0.15, 0.2) is 46.1 Å². The number of rotatable bonds is 7. The van der Waals surface area contributed by atoms with Gasteiger partial charge in [0.25, 0.3) is 10.0 Å². The van der Waals surface area contributed by atoms with Gasteiger partial charge >= 0.3 is 0 Å². The van der Waals surface area contributed by atoms with Crippen molar-refractivity contribution in [3.05, 3.63) is 47.6 Å². The molecule has 0 fully saturated rings. The highest BCUT2D eigenvalue weighted by Crippen LogP contribution is 2.21. The van der Waals surface area contributed by atoms with Crippen molar-refractivity contribution in [2.75, 3.05) is 13.1 Å². The van der Waals surface area contributed by atoms with Crippen LogP contribution in [0.3, 0.4) is 0 Å². The summed E-state index contributed by atoms with van der Waals surface area (Å²) >= 11 is 1.26. The van der Waals surface area contributed by atoms with Gasteiger partial charge in [-0.2, -0.15) is 4.31 Å². The molecule has 0 N–H and O–H groups in total. The molecule has 0 atom stereocenters. The Kier molecular flexibility index (Phi) is 5.28. The molecule has 6 heteroatoms. The van der Waals surface area contributed by atoms with Crippen molar-refractivity contribution in [1.29, 1.82) is 0 Å². The van der Waals surface area contributed by atoms with Gasteiger partial charge in [-0.25, -0.2) is 8.42 Å². The van der Waals surface area contributed by atoms with Crippen molar-refractivity contribution in [1.82, 2.24) is 9.29 Å². The van der Waals surface area contributed by atoms with Gasteiger partial charge in [0.15, 0.2) is 0 Å². The monoisotopic (exact) mass is 310 g/mol. The fraction of sp³-hybridized carbons (Fsp3) is 0.357. The van der Waals surface area contributed by atoms with Crippen LogP contribution in [0.25, 0.3) is 0 Å². The highest BCUT2D eigenvalue weighted by Gasteiger charge is 2.24. The summed E-state index contributed by atoms with van der Waals surface area (Å²) in [7, 11) is -3.37. The summed E-state index contributed by atoms with van der Waals surface area (Å²) < 4.78 is 27.0. The molecular weight excluding hydrogens is 292 g/mol. The average molecular weight is 310 g/mol. The number of nitrogens with zero attached hydrogens (tertiary/aromatic N) is 2. The summed E-state index contributed by atoms with van der Waals surface area (Å²) in [6.07, 6.45) is 3.16. The first-order valence-electron chi connectivity index (χ1n) is 6.58. The lowest BCUT2D eigenvalue weighted by Crippen LogP contribution is -2.33. The SMILES string of the molecule is CCCN(CCc1ccccn1)S(=O)(=O)c1cccs1. The van der Waals surface area contributed by atoms with Crippen LogP contribution in [0.1, 0.15) is 19.0 Å². The molecular formula is C14H18N2O2S2. The molecule has 2 aromatic heterocycles. The Morgan fingerprint density at radius 3 is 2.65 bits per heavy atom. The van der Waals surface area contributed by atoms with Crippen molar-refractivity contribution in [2.24, 2.45) is 0 Å². The molecule has 0 saturated carbocycles. The number of sulfonamides is 1. The second-order valence-corrected chi connectivity index (χ2v) is 7.52. The summed E-state index contributed by atoms with van der Waals surface area (Å²) in [5.41, 5.74) is 0.912. The quantitative estimate of drug-likeness (QED) is 0.790. The van der Waals surface area contributed by atoms with Gasteiger partial charge in [0.2, 0.25) is 0 Å². The number of thiophene rings is 1. The lowest BCUT2D eigenvalue weighted by atomic mass is 10.3. The smallest absolute Gasteiger partial charge is 0.252 e. The van der Waals surface area contributed by atoms with E-state index >= 15 is 0 Å². The lowest BCUT2D eigenvalue weighted by Gasteiger charge is -2.20. The molecule has 0 aliphatic heterocycles. The van der Waals surface area contributed by atoms with Crippen molar-refractivity contribution < 1.29 is 8.42 Å². The first-order valence-corrected chi connectivity index (χ1v) is 8.90. The summed E-state index contributed by atoms with van der Waals surface area (Å²) in [6, 6.07) is 9.11. The predicted octanol–water partition coefficient (Wildman–Crippen LogP) is 2.79. The first kappa shape index (κ1) is 15.2. The van der Waals surface area contributed by atoms with Gasteiger partial charge < -0.3 is 0 Å².